The summed E-state index contributed by atoms with van der Waals surface area (Å²) in [6.45, 7) is 9.50. The van der Waals surface area contributed by atoms with Crippen LogP contribution in [0.5, 0.6) is 0 Å². The molecule has 3 rings (SSSR count). The number of carbonyl (C=O) groups is 1. The van der Waals surface area contributed by atoms with Crippen LogP contribution in [0.2, 0.25) is 0 Å². The Morgan fingerprint density at radius 3 is 2.83 bits per heavy atom. The third kappa shape index (κ3) is 3.92. The van der Waals surface area contributed by atoms with E-state index in [1.165, 1.54) is 0 Å². The first-order valence-electron chi connectivity index (χ1n) is 8.23. The molecular weight excluding hydrogens is 294 g/mol. The molecule has 0 spiro atoms. The highest BCUT2D eigenvalue weighted by molar-refractivity contribution is 5.90. The number of urea groups is 1. The van der Waals surface area contributed by atoms with Gasteiger partial charge in [0.2, 0.25) is 0 Å². The quantitative estimate of drug-likeness (QED) is 0.853. The molecule has 2 aliphatic rings. The van der Waals surface area contributed by atoms with E-state index in [0.29, 0.717) is 6.04 Å². The molecule has 1 aromatic rings. The maximum absolute atomic E-state index is 12.4. The fraction of sp³-hybridized carbons (Fsp3) is 0.625. The number of hydrogen-bond acceptors (Lipinski definition) is 5. The highest BCUT2D eigenvalue weighted by Crippen LogP contribution is 2.20. The summed E-state index contributed by atoms with van der Waals surface area (Å²) in [6.07, 6.45) is 0. The zero-order valence-electron chi connectivity index (χ0n) is 13.8. The number of anilines is 2. The molecule has 2 N–H and O–H groups in total. The molecular formula is C16H25N5O2. The van der Waals surface area contributed by atoms with Gasteiger partial charge in [-0.15, -0.1) is 0 Å². The Morgan fingerprint density at radius 1 is 1.35 bits per heavy atom. The number of nitrogens with one attached hydrogen (secondary N) is 2. The number of pyridine rings is 1. The van der Waals surface area contributed by atoms with Crippen molar-refractivity contribution >= 4 is 17.5 Å². The van der Waals surface area contributed by atoms with E-state index < -0.39 is 0 Å². The fourth-order valence-corrected chi connectivity index (χ4v) is 2.96. The predicted octanol–water partition coefficient (Wildman–Crippen LogP) is 1.05. The van der Waals surface area contributed by atoms with Gasteiger partial charge in [0, 0.05) is 38.8 Å². The van der Waals surface area contributed by atoms with Crippen molar-refractivity contribution in [1.82, 2.24) is 15.2 Å². The van der Waals surface area contributed by atoms with Crippen molar-refractivity contribution in [2.75, 3.05) is 56.2 Å². The first-order chi connectivity index (χ1) is 11.1. The summed E-state index contributed by atoms with van der Waals surface area (Å²) < 4.78 is 5.37. The van der Waals surface area contributed by atoms with E-state index in [1.807, 2.05) is 24.0 Å². The van der Waals surface area contributed by atoms with Gasteiger partial charge in [-0.2, -0.15) is 0 Å². The van der Waals surface area contributed by atoms with Gasteiger partial charge in [-0.05, 0) is 26.0 Å². The second-order valence-electron chi connectivity index (χ2n) is 6.13. The molecule has 2 fully saturated rings. The van der Waals surface area contributed by atoms with E-state index in [1.54, 1.807) is 0 Å². The first kappa shape index (κ1) is 16.0. The van der Waals surface area contributed by atoms with Crippen LogP contribution in [0.3, 0.4) is 0 Å². The number of hydrogen-bond donors (Lipinski definition) is 2. The van der Waals surface area contributed by atoms with Gasteiger partial charge in [-0.25, -0.2) is 9.78 Å². The van der Waals surface area contributed by atoms with Crippen molar-refractivity contribution in [3.63, 3.8) is 0 Å². The van der Waals surface area contributed by atoms with Crippen LogP contribution in [0.1, 0.15) is 12.6 Å². The van der Waals surface area contributed by atoms with Crippen molar-refractivity contribution < 1.29 is 9.53 Å². The van der Waals surface area contributed by atoms with Gasteiger partial charge >= 0.3 is 6.03 Å². The number of aryl methyl sites for hydroxylation is 1. The molecule has 1 atom stereocenters. The first-order valence-corrected chi connectivity index (χ1v) is 8.23. The molecule has 3 heterocycles. The van der Waals surface area contributed by atoms with E-state index >= 15 is 0 Å². The molecule has 0 bridgehead atoms. The molecule has 2 aliphatic heterocycles. The summed E-state index contributed by atoms with van der Waals surface area (Å²) in [5.74, 6) is 0.944. The molecule has 0 unspecified atom stereocenters. The van der Waals surface area contributed by atoms with E-state index in [-0.39, 0.29) is 6.03 Å². The van der Waals surface area contributed by atoms with Gasteiger partial charge in [0.1, 0.15) is 5.82 Å². The van der Waals surface area contributed by atoms with E-state index in [2.05, 4.69) is 27.4 Å². The highest BCUT2D eigenvalue weighted by atomic mass is 16.5. The number of carbonyl (C=O) groups excluding carboxylic acids is 1. The molecule has 126 valence electrons. The molecule has 0 radical (unpaired) electrons. The van der Waals surface area contributed by atoms with Gasteiger partial charge in [0.25, 0.3) is 0 Å². The molecule has 0 aliphatic carbocycles. The SMILES string of the molecule is Cc1nc(N2CCOCC2)ccc1NC(=O)N1CCN[C@H](C)C1. The molecule has 7 nitrogen and oxygen atoms in total. The van der Waals surface area contributed by atoms with Gasteiger partial charge < -0.3 is 25.2 Å². The third-order valence-corrected chi connectivity index (χ3v) is 4.30. The van der Waals surface area contributed by atoms with Gasteiger partial charge in [0.15, 0.2) is 0 Å². The number of aromatic nitrogens is 1. The maximum atomic E-state index is 12.4. The van der Waals surface area contributed by atoms with Gasteiger partial charge in [0.05, 0.1) is 24.6 Å². The van der Waals surface area contributed by atoms with Gasteiger partial charge in [-0.3, -0.25) is 0 Å². The predicted molar refractivity (Wildman–Crippen MR) is 90.1 cm³/mol. The lowest BCUT2D eigenvalue weighted by Crippen LogP contribution is -2.52. The zero-order valence-corrected chi connectivity index (χ0v) is 13.8. The summed E-state index contributed by atoms with van der Waals surface area (Å²) in [7, 11) is 0. The van der Waals surface area contributed by atoms with E-state index in [0.717, 1.165) is 63.1 Å². The monoisotopic (exact) mass is 319 g/mol. The average Bonchev–Trinajstić information content (AvgIpc) is 2.57. The topological polar surface area (TPSA) is 69.7 Å². The Morgan fingerprint density at radius 2 is 2.13 bits per heavy atom. The standard InChI is InChI=1S/C16H25N5O2/c1-12-11-21(6-5-17-12)16(22)19-14-3-4-15(18-13(14)2)20-7-9-23-10-8-20/h3-4,12,17H,5-11H2,1-2H3,(H,19,22)/t12-/m1/s1. The van der Waals surface area contributed by atoms with Crippen LogP contribution in [0.4, 0.5) is 16.3 Å². The Kier molecular flexibility index (Phi) is 4.97. The zero-order chi connectivity index (χ0) is 16.2. The molecule has 2 amide bonds. The lowest BCUT2D eigenvalue weighted by atomic mass is 10.2. The Bertz CT molecular complexity index is 559. The van der Waals surface area contributed by atoms with Crippen LogP contribution in [0.15, 0.2) is 12.1 Å². The summed E-state index contributed by atoms with van der Waals surface area (Å²) in [4.78, 5) is 21.1. The molecule has 0 saturated carbocycles. The normalized spacial score (nSPS) is 22.1. The lowest BCUT2D eigenvalue weighted by molar-refractivity contribution is 0.122. The smallest absolute Gasteiger partial charge is 0.321 e. The summed E-state index contributed by atoms with van der Waals surface area (Å²) in [5, 5.41) is 6.32. The second-order valence-corrected chi connectivity index (χ2v) is 6.13. The molecule has 23 heavy (non-hydrogen) atoms. The van der Waals surface area contributed by atoms with Crippen LogP contribution >= 0.6 is 0 Å². The van der Waals surface area contributed by atoms with Crippen molar-refractivity contribution in [3.8, 4) is 0 Å². The summed E-state index contributed by atoms with van der Waals surface area (Å²) in [6, 6.07) is 4.19. The minimum Gasteiger partial charge on any atom is -0.378 e. The fourth-order valence-electron chi connectivity index (χ4n) is 2.96. The highest BCUT2D eigenvalue weighted by Gasteiger charge is 2.21. The van der Waals surface area contributed by atoms with Crippen LogP contribution < -0.4 is 15.5 Å². The minimum absolute atomic E-state index is 0.0534. The Balaban J connectivity index is 1.64. The Labute approximate surface area is 137 Å². The minimum atomic E-state index is -0.0534. The number of rotatable bonds is 2. The lowest BCUT2D eigenvalue weighted by Gasteiger charge is -2.32. The van der Waals surface area contributed by atoms with Crippen LogP contribution in [-0.2, 0) is 4.74 Å². The largest absolute Gasteiger partial charge is 0.378 e. The van der Waals surface area contributed by atoms with E-state index in [9.17, 15) is 4.79 Å². The number of piperazine rings is 1. The van der Waals surface area contributed by atoms with E-state index in [4.69, 9.17) is 4.74 Å². The van der Waals surface area contributed by atoms with Crippen molar-refractivity contribution in [2.24, 2.45) is 0 Å². The molecule has 0 aromatic carbocycles. The third-order valence-electron chi connectivity index (χ3n) is 4.30. The molecule has 7 heteroatoms. The van der Waals surface area contributed by atoms with Gasteiger partial charge in [-0.1, -0.05) is 0 Å². The maximum Gasteiger partial charge on any atom is 0.321 e. The summed E-state index contributed by atoms with van der Waals surface area (Å²) in [5.41, 5.74) is 1.61. The van der Waals surface area contributed by atoms with Crippen molar-refractivity contribution in [2.45, 2.75) is 19.9 Å². The average molecular weight is 319 g/mol. The number of ether oxygens (including phenoxy) is 1. The van der Waals surface area contributed by atoms with Crippen LogP contribution in [-0.4, -0.2) is 67.9 Å². The second kappa shape index (κ2) is 7.14. The molecule has 1 aromatic heterocycles. The van der Waals surface area contributed by atoms with Crippen molar-refractivity contribution in [1.29, 1.82) is 0 Å². The number of nitrogens with zero attached hydrogens (tertiary/aromatic N) is 3. The Hall–Kier alpha value is -1.86. The summed E-state index contributed by atoms with van der Waals surface area (Å²) >= 11 is 0. The molecule has 2 saturated heterocycles. The van der Waals surface area contributed by atoms with Crippen LogP contribution in [0.25, 0.3) is 0 Å². The van der Waals surface area contributed by atoms with Crippen molar-refractivity contribution in [3.05, 3.63) is 17.8 Å². The van der Waals surface area contributed by atoms with Crippen LogP contribution in [0, 0.1) is 6.92 Å². The number of morpholine rings is 1. The number of amides is 2.